The van der Waals surface area contributed by atoms with E-state index in [0.717, 1.165) is 16.8 Å². The van der Waals surface area contributed by atoms with Crippen molar-refractivity contribution >= 4 is 34.3 Å². The Morgan fingerprint density at radius 1 is 1.20 bits per heavy atom. The molecule has 126 valence electrons. The van der Waals surface area contributed by atoms with Crippen molar-refractivity contribution in [2.45, 2.75) is 5.37 Å². The lowest BCUT2D eigenvalue weighted by Gasteiger charge is -2.24. The number of phenols is 1. The number of para-hydroxylation sites is 1. The molecule has 1 aliphatic rings. The Bertz CT molecular complexity index is 960. The van der Waals surface area contributed by atoms with E-state index in [1.807, 2.05) is 42.5 Å². The topological polar surface area (TPSA) is 62.7 Å². The number of phenolic OH excluding ortho intramolecular Hbond substituents is 1. The molecule has 1 fully saturated rings. The van der Waals surface area contributed by atoms with Gasteiger partial charge < -0.3 is 9.84 Å². The van der Waals surface area contributed by atoms with E-state index < -0.39 is 0 Å². The zero-order chi connectivity index (χ0) is 17.4. The van der Waals surface area contributed by atoms with Gasteiger partial charge in [-0.25, -0.2) is 4.98 Å². The Labute approximate surface area is 149 Å². The monoisotopic (exact) mass is 352 g/mol. The highest BCUT2D eigenvalue weighted by Crippen LogP contribution is 2.42. The standard InChI is InChI=1S/C19H16N2O3S/c1-24-14-6-3-5-13(10-14)21-17(23)11-25-19(21)15-9-8-12-4-2-7-16(22)18(12)20-15/h2-10,19,22H,11H2,1H3. The lowest BCUT2D eigenvalue weighted by atomic mass is 10.1. The van der Waals surface area contributed by atoms with Crippen molar-refractivity contribution in [2.75, 3.05) is 17.8 Å². The van der Waals surface area contributed by atoms with Crippen molar-refractivity contribution < 1.29 is 14.6 Å². The number of aromatic nitrogens is 1. The zero-order valence-electron chi connectivity index (χ0n) is 13.5. The molecule has 2 heterocycles. The fourth-order valence-electron chi connectivity index (χ4n) is 2.97. The van der Waals surface area contributed by atoms with E-state index in [2.05, 4.69) is 4.98 Å². The molecular weight excluding hydrogens is 336 g/mol. The number of pyridine rings is 1. The van der Waals surface area contributed by atoms with Gasteiger partial charge in [0.05, 0.1) is 18.6 Å². The quantitative estimate of drug-likeness (QED) is 0.778. The molecule has 2 aromatic carbocycles. The summed E-state index contributed by atoms with van der Waals surface area (Å²) in [7, 11) is 1.60. The van der Waals surface area contributed by atoms with Crippen LogP contribution >= 0.6 is 11.8 Å². The van der Waals surface area contributed by atoms with E-state index in [4.69, 9.17) is 4.74 Å². The van der Waals surface area contributed by atoms with Crippen molar-refractivity contribution in [1.29, 1.82) is 0 Å². The minimum absolute atomic E-state index is 0.0300. The van der Waals surface area contributed by atoms with Crippen LogP contribution in [-0.2, 0) is 4.79 Å². The third kappa shape index (κ3) is 2.78. The molecule has 0 aliphatic carbocycles. The third-order valence-electron chi connectivity index (χ3n) is 4.17. The summed E-state index contributed by atoms with van der Waals surface area (Å²) in [6.45, 7) is 0. The Morgan fingerprint density at radius 3 is 2.88 bits per heavy atom. The highest BCUT2D eigenvalue weighted by Gasteiger charge is 2.35. The van der Waals surface area contributed by atoms with E-state index in [0.29, 0.717) is 17.0 Å². The molecule has 4 rings (SSSR count). The molecule has 0 saturated carbocycles. The molecule has 0 bridgehead atoms. The minimum atomic E-state index is -0.233. The maximum Gasteiger partial charge on any atom is 0.238 e. The van der Waals surface area contributed by atoms with Crippen LogP contribution < -0.4 is 9.64 Å². The van der Waals surface area contributed by atoms with Crippen molar-refractivity contribution in [3.8, 4) is 11.5 Å². The number of hydrogen-bond donors (Lipinski definition) is 1. The highest BCUT2D eigenvalue weighted by atomic mass is 32.2. The number of amides is 1. The first-order valence-electron chi connectivity index (χ1n) is 7.84. The van der Waals surface area contributed by atoms with Gasteiger partial charge in [0.2, 0.25) is 5.91 Å². The molecule has 5 nitrogen and oxygen atoms in total. The molecule has 6 heteroatoms. The van der Waals surface area contributed by atoms with Gasteiger partial charge in [-0.1, -0.05) is 24.3 Å². The summed E-state index contributed by atoms with van der Waals surface area (Å²) in [6.07, 6.45) is 0. The van der Waals surface area contributed by atoms with Crippen LogP contribution in [0.15, 0.2) is 54.6 Å². The van der Waals surface area contributed by atoms with Crippen molar-refractivity contribution in [3.63, 3.8) is 0 Å². The van der Waals surface area contributed by atoms with Crippen LogP contribution in [0.4, 0.5) is 5.69 Å². The van der Waals surface area contributed by atoms with Gasteiger partial charge in [-0.2, -0.15) is 0 Å². The minimum Gasteiger partial charge on any atom is -0.506 e. The molecule has 0 spiro atoms. The lowest BCUT2D eigenvalue weighted by molar-refractivity contribution is -0.115. The smallest absolute Gasteiger partial charge is 0.238 e. The van der Waals surface area contributed by atoms with Crippen LogP contribution in [0, 0.1) is 0 Å². The number of thioether (sulfide) groups is 1. The second-order valence-corrected chi connectivity index (χ2v) is 6.78. The summed E-state index contributed by atoms with van der Waals surface area (Å²) in [6, 6.07) is 16.6. The number of rotatable bonds is 3. The molecule has 0 radical (unpaired) electrons. The van der Waals surface area contributed by atoms with Crippen LogP contribution in [0.5, 0.6) is 11.5 Å². The molecular formula is C19H16N2O3S. The second kappa shape index (κ2) is 6.29. The van der Waals surface area contributed by atoms with Gasteiger partial charge in [0.15, 0.2) is 0 Å². The molecule has 1 N–H and O–H groups in total. The van der Waals surface area contributed by atoms with Gasteiger partial charge in [-0.05, 0) is 24.3 Å². The van der Waals surface area contributed by atoms with E-state index in [1.165, 1.54) is 11.8 Å². The van der Waals surface area contributed by atoms with Gasteiger partial charge in [0.25, 0.3) is 0 Å². The van der Waals surface area contributed by atoms with Crippen LogP contribution in [0.25, 0.3) is 10.9 Å². The first-order chi connectivity index (χ1) is 12.2. The first kappa shape index (κ1) is 15.8. The second-order valence-electron chi connectivity index (χ2n) is 5.71. The normalized spacial score (nSPS) is 17.2. The van der Waals surface area contributed by atoms with Crippen LogP contribution in [-0.4, -0.2) is 28.9 Å². The number of carbonyl (C=O) groups is 1. The highest BCUT2D eigenvalue weighted by molar-refractivity contribution is 8.00. The fourth-order valence-corrected chi connectivity index (χ4v) is 4.10. The average molecular weight is 352 g/mol. The largest absolute Gasteiger partial charge is 0.506 e. The van der Waals surface area contributed by atoms with Gasteiger partial charge in [0.1, 0.15) is 22.4 Å². The van der Waals surface area contributed by atoms with Gasteiger partial charge in [0, 0.05) is 17.1 Å². The number of anilines is 1. The fraction of sp³-hybridized carbons (Fsp3) is 0.158. The van der Waals surface area contributed by atoms with Crippen LogP contribution in [0.1, 0.15) is 11.1 Å². The molecule has 25 heavy (non-hydrogen) atoms. The molecule has 3 aromatic rings. The summed E-state index contributed by atoms with van der Waals surface area (Å²) in [4.78, 5) is 18.8. The first-order valence-corrected chi connectivity index (χ1v) is 8.88. The zero-order valence-corrected chi connectivity index (χ0v) is 14.4. The van der Waals surface area contributed by atoms with E-state index in [1.54, 1.807) is 24.1 Å². The Balaban J connectivity index is 1.78. The molecule has 1 atom stereocenters. The predicted octanol–water partition coefficient (Wildman–Crippen LogP) is 3.73. The Hall–Kier alpha value is -2.73. The number of methoxy groups -OCH3 is 1. The number of aromatic hydroxyl groups is 1. The molecule has 1 saturated heterocycles. The van der Waals surface area contributed by atoms with Crippen LogP contribution in [0.2, 0.25) is 0 Å². The molecule has 1 aliphatic heterocycles. The number of fused-ring (bicyclic) bond motifs is 1. The van der Waals surface area contributed by atoms with Crippen molar-refractivity contribution in [1.82, 2.24) is 4.98 Å². The van der Waals surface area contributed by atoms with E-state index >= 15 is 0 Å². The summed E-state index contributed by atoms with van der Waals surface area (Å²) >= 11 is 1.53. The van der Waals surface area contributed by atoms with Crippen molar-refractivity contribution in [2.24, 2.45) is 0 Å². The maximum absolute atomic E-state index is 12.5. The summed E-state index contributed by atoms with van der Waals surface area (Å²) in [5.74, 6) is 1.26. The summed E-state index contributed by atoms with van der Waals surface area (Å²) < 4.78 is 5.27. The SMILES string of the molecule is COc1cccc(N2C(=O)CSC2c2ccc3cccc(O)c3n2)c1. The third-order valence-corrected chi connectivity index (χ3v) is 5.35. The summed E-state index contributed by atoms with van der Waals surface area (Å²) in [5, 5.41) is 10.7. The predicted molar refractivity (Wildman–Crippen MR) is 99.1 cm³/mol. The van der Waals surface area contributed by atoms with Crippen LogP contribution in [0.3, 0.4) is 0 Å². The summed E-state index contributed by atoms with van der Waals surface area (Å²) in [5.41, 5.74) is 2.07. The van der Waals surface area contributed by atoms with Gasteiger partial charge >= 0.3 is 0 Å². The Kier molecular flexibility index (Phi) is 3.97. The number of hydrogen-bond acceptors (Lipinski definition) is 5. The molecule has 1 unspecified atom stereocenters. The maximum atomic E-state index is 12.5. The average Bonchev–Trinajstić information content (AvgIpc) is 3.03. The van der Waals surface area contributed by atoms with E-state index in [9.17, 15) is 9.90 Å². The van der Waals surface area contributed by atoms with Crippen molar-refractivity contribution in [3.05, 3.63) is 60.3 Å². The van der Waals surface area contributed by atoms with Gasteiger partial charge in [-0.3, -0.25) is 9.69 Å². The molecule has 1 amide bonds. The van der Waals surface area contributed by atoms with Gasteiger partial charge in [-0.15, -0.1) is 11.8 Å². The number of carbonyl (C=O) groups excluding carboxylic acids is 1. The Morgan fingerprint density at radius 2 is 2.04 bits per heavy atom. The number of nitrogens with zero attached hydrogens (tertiary/aromatic N) is 2. The van der Waals surface area contributed by atoms with E-state index in [-0.39, 0.29) is 17.0 Å². The number of benzene rings is 2. The lowest BCUT2D eigenvalue weighted by Crippen LogP contribution is -2.28. The molecule has 1 aromatic heterocycles. The number of ether oxygens (including phenoxy) is 1.